The third-order valence-electron chi connectivity index (χ3n) is 3.37. The maximum Gasteiger partial charge on any atom is 0.363 e. The first-order valence-electron chi connectivity index (χ1n) is 7.67. The van der Waals surface area contributed by atoms with Gasteiger partial charge in [-0.05, 0) is 48.4 Å². The molecular weight excluding hydrogens is 321 g/mol. The minimum absolute atomic E-state index is 0.0379. The molecule has 0 aromatic heterocycles. The summed E-state index contributed by atoms with van der Waals surface area (Å²) >= 11 is 0. The van der Waals surface area contributed by atoms with Crippen molar-refractivity contribution in [1.29, 1.82) is 0 Å². The first-order valence-corrected chi connectivity index (χ1v) is 7.67. The molecule has 0 atom stereocenters. The van der Waals surface area contributed by atoms with Crippen LogP contribution >= 0.6 is 0 Å². The molecule has 126 valence electrons. The molecule has 2 aromatic rings. The molecule has 0 spiro atoms. The standard InChI is InChI=1S/C20H16FNO3/c1-13(2)12-24-15-7-5-6-14(10-15)11-18-20(23)25-19(22-18)16-8-3-4-9-17(16)21/h3-11H,1,12H2,2H3/b18-11-. The fourth-order valence-corrected chi connectivity index (χ4v) is 2.22. The Morgan fingerprint density at radius 2 is 2.08 bits per heavy atom. The highest BCUT2D eigenvalue weighted by molar-refractivity contribution is 6.12. The van der Waals surface area contributed by atoms with E-state index in [-0.39, 0.29) is 17.2 Å². The van der Waals surface area contributed by atoms with E-state index in [2.05, 4.69) is 11.6 Å². The molecule has 0 bridgehead atoms. The van der Waals surface area contributed by atoms with Crippen LogP contribution in [0.4, 0.5) is 4.39 Å². The van der Waals surface area contributed by atoms with Crippen molar-refractivity contribution in [1.82, 2.24) is 0 Å². The fraction of sp³-hybridized carbons (Fsp3) is 0.100. The second-order valence-electron chi connectivity index (χ2n) is 5.63. The lowest BCUT2D eigenvalue weighted by molar-refractivity contribution is -0.129. The zero-order valence-corrected chi connectivity index (χ0v) is 13.7. The van der Waals surface area contributed by atoms with Gasteiger partial charge in [0.15, 0.2) is 5.70 Å². The Balaban J connectivity index is 1.86. The molecule has 0 radical (unpaired) electrons. The molecule has 4 nitrogen and oxygen atoms in total. The predicted molar refractivity (Wildman–Crippen MR) is 93.8 cm³/mol. The summed E-state index contributed by atoms with van der Waals surface area (Å²) in [5.74, 6) is -0.497. The number of carbonyl (C=O) groups excluding carboxylic acids is 1. The predicted octanol–water partition coefficient (Wildman–Crippen LogP) is 4.13. The van der Waals surface area contributed by atoms with Crippen molar-refractivity contribution in [3.63, 3.8) is 0 Å². The summed E-state index contributed by atoms with van der Waals surface area (Å²) in [7, 11) is 0. The van der Waals surface area contributed by atoms with E-state index in [1.165, 1.54) is 12.1 Å². The topological polar surface area (TPSA) is 47.9 Å². The Bertz CT molecular complexity index is 899. The Hall–Kier alpha value is -3.21. The monoisotopic (exact) mass is 337 g/mol. The first kappa shape index (κ1) is 16.6. The normalized spacial score (nSPS) is 15.0. The second kappa shape index (κ2) is 7.13. The van der Waals surface area contributed by atoms with E-state index in [4.69, 9.17) is 9.47 Å². The number of cyclic esters (lactones) is 1. The van der Waals surface area contributed by atoms with E-state index >= 15 is 0 Å². The average molecular weight is 337 g/mol. The molecule has 0 N–H and O–H groups in total. The second-order valence-corrected chi connectivity index (χ2v) is 5.63. The molecule has 2 aromatic carbocycles. The Morgan fingerprint density at radius 3 is 2.84 bits per heavy atom. The summed E-state index contributed by atoms with van der Waals surface area (Å²) in [4.78, 5) is 16.1. The summed E-state index contributed by atoms with van der Waals surface area (Å²) in [5, 5.41) is 0. The van der Waals surface area contributed by atoms with E-state index in [0.29, 0.717) is 12.4 Å². The highest BCUT2D eigenvalue weighted by Crippen LogP contribution is 2.22. The molecule has 5 heteroatoms. The summed E-state index contributed by atoms with van der Waals surface area (Å²) < 4.78 is 24.5. The summed E-state index contributed by atoms with van der Waals surface area (Å²) in [6.45, 7) is 6.07. The zero-order chi connectivity index (χ0) is 17.8. The summed E-state index contributed by atoms with van der Waals surface area (Å²) in [6, 6.07) is 13.2. The van der Waals surface area contributed by atoms with Crippen molar-refractivity contribution < 1.29 is 18.7 Å². The number of halogens is 1. The van der Waals surface area contributed by atoms with E-state index in [9.17, 15) is 9.18 Å². The number of nitrogens with zero attached hydrogens (tertiary/aromatic N) is 1. The van der Waals surface area contributed by atoms with Crippen molar-refractivity contribution in [3.05, 3.63) is 83.3 Å². The first-order chi connectivity index (χ1) is 12.0. The van der Waals surface area contributed by atoms with Gasteiger partial charge in [0.25, 0.3) is 0 Å². The lowest BCUT2D eigenvalue weighted by Gasteiger charge is -2.06. The fourth-order valence-electron chi connectivity index (χ4n) is 2.22. The highest BCUT2D eigenvalue weighted by Gasteiger charge is 2.25. The number of carbonyl (C=O) groups is 1. The summed E-state index contributed by atoms with van der Waals surface area (Å²) in [5.41, 5.74) is 1.89. The van der Waals surface area contributed by atoms with Gasteiger partial charge in [-0.25, -0.2) is 14.2 Å². The van der Waals surface area contributed by atoms with Gasteiger partial charge in [-0.2, -0.15) is 0 Å². The van der Waals surface area contributed by atoms with Crippen LogP contribution in [0.3, 0.4) is 0 Å². The van der Waals surface area contributed by atoms with Crippen molar-refractivity contribution in [2.24, 2.45) is 4.99 Å². The number of ether oxygens (including phenoxy) is 2. The lowest BCUT2D eigenvalue weighted by Crippen LogP contribution is -2.07. The van der Waals surface area contributed by atoms with Crippen LogP contribution in [0, 0.1) is 5.82 Å². The van der Waals surface area contributed by atoms with Crippen LogP contribution in [0.1, 0.15) is 18.1 Å². The number of hydrogen-bond donors (Lipinski definition) is 0. The van der Waals surface area contributed by atoms with Gasteiger partial charge in [-0.3, -0.25) is 0 Å². The molecule has 0 aliphatic carbocycles. The van der Waals surface area contributed by atoms with Gasteiger partial charge in [-0.1, -0.05) is 30.8 Å². The van der Waals surface area contributed by atoms with Crippen LogP contribution in [-0.4, -0.2) is 18.5 Å². The quantitative estimate of drug-likeness (QED) is 0.468. The van der Waals surface area contributed by atoms with Crippen LogP contribution < -0.4 is 4.74 Å². The van der Waals surface area contributed by atoms with Crippen molar-refractivity contribution in [2.45, 2.75) is 6.92 Å². The molecule has 1 aliphatic rings. The molecule has 0 unspecified atom stereocenters. The van der Waals surface area contributed by atoms with Crippen LogP contribution in [0.25, 0.3) is 6.08 Å². The number of aliphatic imine (C=N–C) groups is 1. The molecule has 1 heterocycles. The van der Waals surface area contributed by atoms with Gasteiger partial charge < -0.3 is 9.47 Å². The van der Waals surface area contributed by atoms with Crippen LogP contribution in [0.2, 0.25) is 0 Å². The average Bonchev–Trinajstić information content (AvgIpc) is 2.94. The van der Waals surface area contributed by atoms with Crippen LogP contribution in [-0.2, 0) is 9.53 Å². The molecule has 25 heavy (non-hydrogen) atoms. The summed E-state index contributed by atoms with van der Waals surface area (Å²) in [6.07, 6.45) is 1.57. The third kappa shape index (κ3) is 4.01. The van der Waals surface area contributed by atoms with Gasteiger partial charge in [-0.15, -0.1) is 0 Å². The van der Waals surface area contributed by atoms with Crippen molar-refractivity contribution >= 4 is 17.9 Å². The van der Waals surface area contributed by atoms with Gasteiger partial charge in [0.05, 0.1) is 5.56 Å². The van der Waals surface area contributed by atoms with Gasteiger partial charge in [0.1, 0.15) is 18.2 Å². The van der Waals surface area contributed by atoms with Crippen LogP contribution in [0.5, 0.6) is 5.75 Å². The maximum absolute atomic E-state index is 13.8. The minimum Gasteiger partial charge on any atom is -0.489 e. The van der Waals surface area contributed by atoms with E-state index in [1.807, 2.05) is 25.1 Å². The Kier molecular flexibility index (Phi) is 4.75. The molecule has 0 fully saturated rings. The van der Waals surface area contributed by atoms with Crippen molar-refractivity contribution in [2.75, 3.05) is 6.61 Å². The lowest BCUT2D eigenvalue weighted by atomic mass is 10.2. The maximum atomic E-state index is 13.8. The van der Waals surface area contributed by atoms with Crippen LogP contribution in [0.15, 0.2) is 71.4 Å². The Labute approximate surface area is 144 Å². The van der Waals surface area contributed by atoms with E-state index < -0.39 is 11.8 Å². The smallest absolute Gasteiger partial charge is 0.363 e. The van der Waals surface area contributed by atoms with E-state index in [0.717, 1.165) is 11.1 Å². The molecule has 0 saturated carbocycles. The third-order valence-corrected chi connectivity index (χ3v) is 3.37. The molecule has 3 rings (SSSR count). The Morgan fingerprint density at radius 1 is 1.28 bits per heavy atom. The number of esters is 1. The molecule has 1 aliphatic heterocycles. The molecule has 0 amide bonds. The van der Waals surface area contributed by atoms with Gasteiger partial charge >= 0.3 is 5.97 Å². The SMILES string of the molecule is C=C(C)COc1cccc(/C=C2\N=C(c3ccccc3F)OC2=O)c1. The number of hydrogen-bond acceptors (Lipinski definition) is 4. The minimum atomic E-state index is -0.619. The largest absolute Gasteiger partial charge is 0.489 e. The zero-order valence-electron chi connectivity index (χ0n) is 13.7. The van der Waals surface area contributed by atoms with Crippen molar-refractivity contribution in [3.8, 4) is 5.75 Å². The van der Waals surface area contributed by atoms with Gasteiger partial charge in [0, 0.05) is 0 Å². The van der Waals surface area contributed by atoms with Gasteiger partial charge in [0.2, 0.25) is 5.90 Å². The van der Waals surface area contributed by atoms with E-state index in [1.54, 1.807) is 24.3 Å². The molecule has 0 saturated heterocycles. The highest BCUT2D eigenvalue weighted by atomic mass is 19.1. The number of benzene rings is 2. The number of rotatable bonds is 5. The molecular formula is C20H16FNO3.